The molecule has 6 heavy (non-hydrogen) atoms. The molecule has 2 N–H and O–H groups in total. The summed E-state index contributed by atoms with van der Waals surface area (Å²) in [6.07, 6.45) is 0.926. The third kappa shape index (κ3) is 3.92. The van der Waals surface area contributed by atoms with Crippen LogP contribution in [0.5, 0.6) is 0 Å². The van der Waals surface area contributed by atoms with Gasteiger partial charge >= 0.3 is 0 Å². The van der Waals surface area contributed by atoms with Gasteiger partial charge in [-0.05, 0) is 6.92 Å². The Morgan fingerprint density at radius 2 is 2.33 bits per heavy atom. The lowest BCUT2D eigenvalue weighted by Crippen LogP contribution is -2.02. The minimum Gasteiger partial charge on any atom is -0.396 e. The number of hydrogen-bond acceptors (Lipinski definition) is 2. The molecule has 1 atom stereocenters. The summed E-state index contributed by atoms with van der Waals surface area (Å²) >= 11 is 0. The van der Waals surface area contributed by atoms with E-state index in [9.17, 15) is 0 Å². The number of hydrogen-bond donors (Lipinski definition) is 2. The largest absolute Gasteiger partial charge is 0.396 e. The summed E-state index contributed by atoms with van der Waals surface area (Å²) in [5.41, 5.74) is 0. The molecule has 0 aromatic heterocycles. The molecule has 0 bridgehead atoms. The lowest BCUT2D eigenvalue weighted by atomic mass is 10.3. The van der Waals surface area contributed by atoms with E-state index in [0.717, 1.165) is 0 Å². The number of aliphatic hydroxyl groups is 2. The topological polar surface area (TPSA) is 40.5 Å². The highest BCUT2D eigenvalue weighted by Crippen LogP contribution is 1.81. The summed E-state index contributed by atoms with van der Waals surface area (Å²) < 4.78 is 0. The van der Waals surface area contributed by atoms with Crippen molar-refractivity contribution in [1.29, 1.82) is 0 Å². The van der Waals surface area contributed by atoms with Crippen molar-refractivity contribution >= 4 is 0 Å². The Morgan fingerprint density at radius 3 is 2.33 bits per heavy atom. The van der Waals surface area contributed by atoms with Gasteiger partial charge in [-0.1, -0.05) is 0 Å². The molecule has 0 amide bonds. The average Bonchev–Trinajstić information content (AvgIpc) is 1.35. The molecule has 0 aliphatic heterocycles. The predicted molar refractivity (Wildman–Crippen MR) is 23.1 cm³/mol. The van der Waals surface area contributed by atoms with Crippen molar-refractivity contribution in [3.63, 3.8) is 0 Å². The van der Waals surface area contributed by atoms with Crippen molar-refractivity contribution in [2.75, 3.05) is 6.61 Å². The normalized spacial score (nSPS) is 14.5. The van der Waals surface area contributed by atoms with E-state index >= 15 is 0 Å². The van der Waals surface area contributed by atoms with Gasteiger partial charge in [0.25, 0.3) is 0 Å². The molecule has 0 aromatic rings. The third-order valence-corrected chi connectivity index (χ3v) is 0.447. The van der Waals surface area contributed by atoms with Crippen LogP contribution in [0.2, 0.25) is 0 Å². The van der Waals surface area contributed by atoms with Crippen LogP contribution in [0.3, 0.4) is 0 Å². The zero-order valence-corrected chi connectivity index (χ0v) is 3.76. The van der Waals surface area contributed by atoms with E-state index in [-0.39, 0.29) is 6.61 Å². The Kier molecular flexibility index (Phi) is 3.08. The fourth-order valence-electron chi connectivity index (χ4n) is 0.153. The van der Waals surface area contributed by atoms with Crippen molar-refractivity contribution in [3.05, 3.63) is 6.42 Å². The summed E-state index contributed by atoms with van der Waals surface area (Å²) in [5, 5.41) is 16.4. The van der Waals surface area contributed by atoms with Gasteiger partial charge in [-0.3, -0.25) is 0 Å². The molecule has 37 valence electrons. The van der Waals surface area contributed by atoms with E-state index in [1.807, 2.05) is 0 Å². The van der Waals surface area contributed by atoms with E-state index < -0.39 is 6.10 Å². The molecule has 0 aromatic carbocycles. The standard InChI is InChI=1S/C4H9O2/c1-4(6)2-3-5/h2,4-6H,3H2,1H3. The Balaban J connectivity index is 2.63. The maximum atomic E-state index is 8.34. The van der Waals surface area contributed by atoms with Gasteiger partial charge in [-0.25, -0.2) is 0 Å². The smallest absolute Gasteiger partial charge is 0.0566 e. The molecule has 0 aliphatic carbocycles. The van der Waals surface area contributed by atoms with Gasteiger partial charge < -0.3 is 10.2 Å². The summed E-state index contributed by atoms with van der Waals surface area (Å²) in [6.45, 7) is 1.55. The monoisotopic (exact) mass is 89.1 g/mol. The lowest BCUT2D eigenvalue weighted by molar-refractivity contribution is 0.199. The fourth-order valence-corrected chi connectivity index (χ4v) is 0.153. The van der Waals surface area contributed by atoms with Crippen molar-refractivity contribution < 1.29 is 10.2 Å². The molecule has 1 unspecified atom stereocenters. The van der Waals surface area contributed by atoms with Gasteiger partial charge in [0.2, 0.25) is 0 Å². The quantitative estimate of drug-likeness (QED) is 0.481. The lowest BCUT2D eigenvalue weighted by Gasteiger charge is -1.94. The molecule has 2 heteroatoms. The third-order valence-electron chi connectivity index (χ3n) is 0.447. The summed E-state index contributed by atoms with van der Waals surface area (Å²) in [7, 11) is 0. The van der Waals surface area contributed by atoms with E-state index in [1.165, 1.54) is 6.42 Å². The van der Waals surface area contributed by atoms with Crippen LogP contribution in [-0.4, -0.2) is 22.9 Å². The van der Waals surface area contributed by atoms with Gasteiger partial charge in [-0.2, -0.15) is 0 Å². The Bertz CT molecular complexity index is 26.7. The van der Waals surface area contributed by atoms with E-state index in [2.05, 4.69) is 0 Å². The molecule has 0 rings (SSSR count). The summed E-state index contributed by atoms with van der Waals surface area (Å²) in [5.74, 6) is 0. The maximum Gasteiger partial charge on any atom is 0.0566 e. The van der Waals surface area contributed by atoms with Crippen LogP contribution < -0.4 is 0 Å². The van der Waals surface area contributed by atoms with Crippen LogP contribution in [0.1, 0.15) is 6.92 Å². The summed E-state index contributed by atoms with van der Waals surface area (Å²) in [6, 6.07) is 0. The molecule has 0 aliphatic rings. The molecular formula is C4H9O2. The van der Waals surface area contributed by atoms with Gasteiger partial charge in [-0.15, -0.1) is 0 Å². The molecule has 0 saturated carbocycles. The van der Waals surface area contributed by atoms with Crippen LogP contribution in [0, 0.1) is 6.42 Å². The first-order chi connectivity index (χ1) is 2.77. The fraction of sp³-hybridized carbons (Fsp3) is 0.750. The number of rotatable bonds is 2. The Hall–Kier alpha value is -0.0800. The summed E-state index contributed by atoms with van der Waals surface area (Å²) in [4.78, 5) is 0. The first kappa shape index (κ1) is 5.92. The Labute approximate surface area is 37.4 Å². The van der Waals surface area contributed by atoms with Gasteiger partial charge in [0.1, 0.15) is 0 Å². The molecule has 2 nitrogen and oxygen atoms in total. The van der Waals surface area contributed by atoms with Crippen LogP contribution in [0.25, 0.3) is 0 Å². The SMILES string of the molecule is CC(O)[CH]CO. The van der Waals surface area contributed by atoms with E-state index in [1.54, 1.807) is 6.92 Å². The highest BCUT2D eigenvalue weighted by molar-refractivity contribution is 4.67. The number of aliphatic hydroxyl groups excluding tert-OH is 2. The van der Waals surface area contributed by atoms with Crippen LogP contribution in [0.4, 0.5) is 0 Å². The van der Waals surface area contributed by atoms with Gasteiger partial charge in [0.15, 0.2) is 0 Å². The molecule has 0 heterocycles. The second-order valence-corrected chi connectivity index (χ2v) is 1.16. The van der Waals surface area contributed by atoms with Crippen molar-refractivity contribution in [2.24, 2.45) is 0 Å². The highest BCUT2D eigenvalue weighted by Gasteiger charge is 1.89. The van der Waals surface area contributed by atoms with Crippen molar-refractivity contribution in [3.8, 4) is 0 Å². The Morgan fingerprint density at radius 1 is 1.83 bits per heavy atom. The minimum absolute atomic E-state index is 0.0440. The van der Waals surface area contributed by atoms with Crippen LogP contribution >= 0.6 is 0 Å². The zero-order chi connectivity index (χ0) is 4.99. The van der Waals surface area contributed by atoms with Crippen molar-refractivity contribution in [2.45, 2.75) is 13.0 Å². The van der Waals surface area contributed by atoms with Crippen LogP contribution in [-0.2, 0) is 0 Å². The van der Waals surface area contributed by atoms with E-state index in [0.29, 0.717) is 0 Å². The second kappa shape index (κ2) is 3.12. The average molecular weight is 89.1 g/mol. The molecule has 0 saturated heterocycles. The maximum absolute atomic E-state index is 8.34. The first-order valence-corrected chi connectivity index (χ1v) is 1.89. The second-order valence-electron chi connectivity index (χ2n) is 1.16. The molecule has 0 fully saturated rings. The van der Waals surface area contributed by atoms with E-state index in [4.69, 9.17) is 10.2 Å². The van der Waals surface area contributed by atoms with Crippen molar-refractivity contribution in [1.82, 2.24) is 0 Å². The minimum atomic E-state index is -0.477. The highest BCUT2D eigenvalue weighted by atomic mass is 16.3. The van der Waals surface area contributed by atoms with Gasteiger partial charge in [0.05, 0.1) is 6.10 Å². The van der Waals surface area contributed by atoms with Crippen LogP contribution in [0.15, 0.2) is 0 Å². The molecule has 0 spiro atoms. The first-order valence-electron chi connectivity index (χ1n) is 1.89. The zero-order valence-electron chi connectivity index (χ0n) is 3.76. The molecular weight excluding hydrogens is 80.0 g/mol. The van der Waals surface area contributed by atoms with Gasteiger partial charge in [0, 0.05) is 13.0 Å². The predicted octanol–water partition coefficient (Wildman–Crippen LogP) is -0.436. The molecule has 1 radical (unpaired) electrons.